The molecule has 4 heteroatoms. The van der Waals surface area contributed by atoms with Crippen LogP contribution in [0.5, 0.6) is 0 Å². The van der Waals surface area contributed by atoms with Gasteiger partial charge in [-0.1, -0.05) is 57.8 Å². The quantitative estimate of drug-likeness (QED) is 0.745. The van der Waals surface area contributed by atoms with Crippen molar-refractivity contribution in [3.63, 3.8) is 0 Å². The van der Waals surface area contributed by atoms with E-state index in [-0.39, 0.29) is 11.4 Å². The highest BCUT2D eigenvalue weighted by atomic mass is 79.9. The summed E-state index contributed by atoms with van der Waals surface area (Å²) in [5.74, 6) is 0.0799. The van der Waals surface area contributed by atoms with Crippen LogP contribution in [-0.4, -0.2) is 16.8 Å². The Kier molecular flexibility index (Phi) is 6.36. The SMILES string of the molecule is CCC(CC)(CBr)NC(=O)Cc1cccc(Br)c1. The molecule has 1 N–H and O–H groups in total. The Labute approximate surface area is 126 Å². The Morgan fingerprint density at radius 3 is 2.50 bits per heavy atom. The molecule has 0 unspecified atom stereocenters. The lowest BCUT2D eigenvalue weighted by molar-refractivity contribution is -0.122. The molecule has 0 aliphatic heterocycles. The second-order valence-corrected chi connectivity index (χ2v) is 5.95. The molecule has 0 aliphatic rings. The van der Waals surface area contributed by atoms with Crippen LogP contribution in [0.3, 0.4) is 0 Å². The molecule has 0 saturated heterocycles. The van der Waals surface area contributed by atoms with E-state index < -0.39 is 0 Å². The fourth-order valence-electron chi connectivity index (χ4n) is 1.82. The van der Waals surface area contributed by atoms with Crippen LogP contribution in [0, 0.1) is 0 Å². The Balaban J connectivity index is 2.66. The van der Waals surface area contributed by atoms with Crippen LogP contribution in [0.1, 0.15) is 32.3 Å². The van der Waals surface area contributed by atoms with Crippen LogP contribution in [-0.2, 0) is 11.2 Å². The van der Waals surface area contributed by atoms with Crippen LogP contribution in [0.15, 0.2) is 28.7 Å². The second-order valence-electron chi connectivity index (χ2n) is 4.48. The molecule has 0 spiro atoms. The molecule has 0 aliphatic carbocycles. The zero-order valence-corrected chi connectivity index (χ0v) is 14.0. The number of halogens is 2. The van der Waals surface area contributed by atoms with E-state index in [1.54, 1.807) is 0 Å². The van der Waals surface area contributed by atoms with E-state index in [9.17, 15) is 4.79 Å². The summed E-state index contributed by atoms with van der Waals surface area (Å²) in [5.41, 5.74) is 0.904. The highest BCUT2D eigenvalue weighted by Gasteiger charge is 2.26. The lowest BCUT2D eigenvalue weighted by Crippen LogP contribution is -2.49. The third-order valence-corrected chi connectivity index (χ3v) is 4.83. The minimum Gasteiger partial charge on any atom is -0.350 e. The van der Waals surface area contributed by atoms with E-state index in [0.29, 0.717) is 6.42 Å². The molecule has 1 aromatic carbocycles. The largest absolute Gasteiger partial charge is 0.350 e. The molecule has 100 valence electrons. The molecule has 0 atom stereocenters. The Hall–Kier alpha value is -0.350. The van der Waals surface area contributed by atoms with Gasteiger partial charge in [-0.3, -0.25) is 4.79 Å². The van der Waals surface area contributed by atoms with Gasteiger partial charge in [0.25, 0.3) is 0 Å². The number of hydrogen-bond donors (Lipinski definition) is 1. The van der Waals surface area contributed by atoms with Gasteiger partial charge in [0.05, 0.1) is 6.42 Å². The van der Waals surface area contributed by atoms with Crippen molar-refractivity contribution in [2.45, 2.75) is 38.6 Å². The average Bonchev–Trinajstić information content (AvgIpc) is 2.36. The fraction of sp³-hybridized carbons (Fsp3) is 0.500. The number of hydrogen-bond acceptors (Lipinski definition) is 1. The highest BCUT2D eigenvalue weighted by Crippen LogP contribution is 2.18. The molecule has 1 rings (SSSR count). The van der Waals surface area contributed by atoms with Crippen LogP contribution in [0.4, 0.5) is 0 Å². The van der Waals surface area contributed by atoms with Crippen LogP contribution < -0.4 is 5.32 Å². The van der Waals surface area contributed by atoms with Gasteiger partial charge in [-0.25, -0.2) is 0 Å². The van der Waals surface area contributed by atoms with Crippen molar-refractivity contribution >= 4 is 37.8 Å². The predicted octanol–water partition coefficient (Wildman–Crippen LogP) is 4.06. The maximum absolute atomic E-state index is 12.1. The molecular weight excluding hydrogens is 358 g/mol. The van der Waals surface area contributed by atoms with Gasteiger partial charge in [-0.15, -0.1) is 0 Å². The van der Waals surface area contributed by atoms with Crippen molar-refractivity contribution in [1.29, 1.82) is 0 Å². The van der Waals surface area contributed by atoms with Gasteiger partial charge in [0.2, 0.25) is 5.91 Å². The standard InChI is InChI=1S/C14H19Br2NO/c1-3-14(4-2,10-15)17-13(18)9-11-6-5-7-12(16)8-11/h5-8H,3-4,9-10H2,1-2H3,(H,17,18). The minimum atomic E-state index is -0.122. The lowest BCUT2D eigenvalue weighted by atomic mass is 9.95. The van der Waals surface area contributed by atoms with Gasteiger partial charge < -0.3 is 5.32 Å². The van der Waals surface area contributed by atoms with E-state index in [1.807, 2.05) is 24.3 Å². The van der Waals surface area contributed by atoms with E-state index in [4.69, 9.17) is 0 Å². The maximum Gasteiger partial charge on any atom is 0.224 e. The first-order valence-electron chi connectivity index (χ1n) is 6.16. The lowest BCUT2D eigenvalue weighted by Gasteiger charge is -2.31. The summed E-state index contributed by atoms with van der Waals surface area (Å²) in [5, 5.41) is 3.94. The summed E-state index contributed by atoms with van der Waals surface area (Å²) in [4.78, 5) is 12.1. The second kappa shape index (κ2) is 7.29. The van der Waals surface area contributed by atoms with Crippen molar-refractivity contribution < 1.29 is 4.79 Å². The van der Waals surface area contributed by atoms with Crippen LogP contribution >= 0.6 is 31.9 Å². The fourth-order valence-corrected chi connectivity index (χ4v) is 3.20. The van der Waals surface area contributed by atoms with Crippen LogP contribution in [0.2, 0.25) is 0 Å². The zero-order chi connectivity index (χ0) is 13.6. The molecule has 0 heterocycles. The summed E-state index contributed by atoms with van der Waals surface area (Å²) in [7, 11) is 0. The first kappa shape index (κ1) is 15.7. The molecule has 1 aromatic rings. The number of carbonyl (C=O) groups excluding carboxylic acids is 1. The summed E-state index contributed by atoms with van der Waals surface area (Å²) in [6.45, 7) is 4.20. The van der Waals surface area contributed by atoms with Crippen LogP contribution in [0.25, 0.3) is 0 Å². The summed E-state index contributed by atoms with van der Waals surface area (Å²) in [6, 6.07) is 7.86. The van der Waals surface area contributed by atoms with Gasteiger partial charge >= 0.3 is 0 Å². The van der Waals surface area contributed by atoms with E-state index in [2.05, 4.69) is 51.0 Å². The molecule has 1 amide bonds. The van der Waals surface area contributed by atoms with E-state index in [1.165, 1.54) is 0 Å². The average molecular weight is 377 g/mol. The number of benzene rings is 1. The van der Waals surface area contributed by atoms with Crippen molar-refractivity contribution in [2.75, 3.05) is 5.33 Å². The third kappa shape index (κ3) is 4.39. The van der Waals surface area contributed by atoms with Crippen molar-refractivity contribution in [1.82, 2.24) is 5.32 Å². The monoisotopic (exact) mass is 375 g/mol. The van der Waals surface area contributed by atoms with E-state index >= 15 is 0 Å². The highest BCUT2D eigenvalue weighted by molar-refractivity contribution is 9.10. The summed E-state index contributed by atoms with van der Waals surface area (Å²) < 4.78 is 1.01. The molecule has 0 bridgehead atoms. The smallest absolute Gasteiger partial charge is 0.224 e. The predicted molar refractivity (Wildman–Crippen MR) is 83.1 cm³/mol. The molecular formula is C14H19Br2NO. The topological polar surface area (TPSA) is 29.1 Å². The molecule has 0 aromatic heterocycles. The summed E-state index contributed by atoms with van der Waals surface area (Å²) >= 11 is 6.91. The van der Waals surface area contributed by atoms with Crippen molar-refractivity contribution in [2.24, 2.45) is 0 Å². The first-order chi connectivity index (χ1) is 8.55. The number of alkyl halides is 1. The molecule has 18 heavy (non-hydrogen) atoms. The number of nitrogens with one attached hydrogen (secondary N) is 1. The van der Waals surface area contributed by atoms with Crippen molar-refractivity contribution in [3.8, 4) is 0 Å². The number of amides is 1. The van der Waals surface area contributed by atoms with Crippen molar-refractivity contribution in [3.05, 3.63) is 34.3 Å². The minimum absolute atomic E-state index is 0.0799. The molecule has 0 fully saturated rings. The normalized spacial score (nSPS) is 11.3. The molecule has 2 nitrogen and oxygen atoms in total. The Bertz CT molecular complexity index is 394. The maximum atomic E-state index is 12.1. The van der Waals surface area contributed by atoms with Gasteiger partial charge in [0, 0.05) is 15.3 Å². The third-order valence-electron chi connectivity index (χ3n) is 3.27. The van der Waals surface area contributed by atoms with Gasteiger partial charge in [-0.05, 0) is 30.5 Å². The molecule has 0 saturated carbocycles. The first-order valence-corrected chi connectivity index (χ1v) is 8.08. The zero-order valence-electron chi connectivity index (χ0n) is 10.8. The molecule has 0 radical (unpaired) electrons. The Morgan fingerprint density at radius 1 is 1.33 bits per heavy atom. The number of rotatable bonds is 6. The van der Waals surface area contributed by atoms with E-state index in [0.717, 1.165) is 28.2 Å². The summed E-state index contributed by atoms with van der Waals surface area (Å²) in [6.07, 6.45) is 2.28. The van der Waals surface area contributed by atoms with Gasteiger partial charge in [0.15, 0.2) is 0 Å². The number of carbonyl (C=O) groups is 1. The van der Waals surface area contributed by atoms with Gasteiger partial charge in [0.1, 0.15) is 0 Å². The Morgan fingerprint density at radius 2 is 2.00 bits per heavy atom. The van der Waals surface area contributed by atoms with Gasteiger partial charge in [-0.2, -0.15) is 0 Å².